The lowest BCUT2D eigenvalue weighted by Gasteiger charge is -2.15. The summed E-state index contributed by atoms with van der Waals surface area (Å²) in [5, 5.41) is -0.226. The van der Waals surface area contributed by atoms with Gasteiger partial charge in [-0.25, -0.2) is 35.0 Å². The fourth-order valence-electron chi connectivity index (χ4n) is 3.70. The molecule has 180 valence electrons. The Labute approximate surface area is 200 Å². The Balaban J connectivity index is 1.79. The SMILES string of the molecule is C[C@H](NS(C)(=O)=O)c1ccc(S(=O)(=O)c2ccc(C3CC3)cc2S(=O)(=O)c2ccccn2)cc1. The van der Waals surface area contributed by atoms with Gasteiger partial charge in [0.05, 0.1) is 20.9 Å². The van der Waals surface area contributed by atoms with E-state index in [1.54, 1.807) is 19.1 Å². The van der Waals surface area contributed by atoms with Crippen LogP contribution in [0.15, 0.2) is 86.6 Å². The lowest BCUT2D eigenvalue weighted by atomic mass is 10.1. The Morgan fingerprint density at radius 1 is 0.853 bits per heavy atom. The molecule has 3 aromatic rings. The molecule has 0 amide bonds. The fraction of sp³-hybridized carbons (Fsp3) is 0.261. The maximum atomic E-state index is 13.5. The van der Waals surface area contributed by atoms with Crippen LogP contribution in [0, 0.1) is 0 Å². The third-order valence-corrected chi connectivity index (χ3v) is 10.0. The van der Waals surface area contributed by atoms with E-state index in [1.165, 1.54) is 54.7 Å². The molecule has 8 nitrogen and oxygen atoms in total. The highest BCUT2D eigenvalue weighted by Gasteiger charge is 2.33. The largest absolute Gasteiger partial charge is 0.244 e. The van der Waals surface area contributed by atoms with Crippen molar-refractivity contribution in [1.29, 1.82) is 0 Å². The van der Waals surface area contributed by atoms with E-state index >= 15 is 0 Å². The molecule has 1 aromatic heterocycles. The number of hydrogen-bond acceptors (Lipinski definition) is 7. The molecular formula is C23H24N2O6S3. The molecule has 0 bridgehead atoms. The van der Waals surface area contributed by atoms with Gasteiger partial charge in [0, 0.05) is 12.2 Å². The normalized spacial score (nSPS) is 15.7. The Kier molecular flexibility index (Phi) is 6.40. The quantitative estimate of drug-likeness (QED) is 0.483. The van der Waals surface area contributed by atoms with Gasteiger partial charge in [0.1, 0.15) is 0 Å². The van der Waals surface area contributed by atoms with Crippen LogP contribution in [-0.2, 0) is 29.7 Å². The van der Waals surface area contributed by atoms with Crippen molar-refractivity contribution in [3.63, 3.8) is 0 Å². The van der Waals surface area contributed by atoms with Crippen LogP contribution in [0.4, 0.5) is 0 Å². The van der Waals surface area contributed by atoms with Gasteiger partial charge < -0.3 is 0 Å². The Morgan fingerprint density at radius 2 is 1.53 bits per heavy atom. The highest BCUT2D eigenvalue weighted by Crippen LogP contribution is 2.42. The molecule has 1 heterocycles. The Bertz CT molecular complexity index is 1530. The molecule has 1 fully saturated rings. The number of rotatable bonds is 8. The molecule has 1 atom stereocenters. The van der Waals surface area contributed by atoms with Crippen molar-refractivity contribution in [3.05, 3.63) is 78.0 Å². The first-order chi connectivity index (χ1) is 15.9. The molecule has 2 aromatic carbocycles. The van der Waals surface area contributed by atoms with E-state index in [0.717, 1.165) is 24.7 Å². The number of pyridine rings is 1. The van der Waals surface area contributed by atoms with Crippen LogP contribution in [0.1, 0.15) is 42.9 Å². The maximum Gasteiger partial charge on any atom is 0.225 e. The minimum absolute atomic E-state index is 0.0977. The number of sulfone groups is 2. The molecule has 0 unspecified atom stereocenters. The van der Waals surface area contributed by atoms with E-state index in [0.29, 0.717) is 5.56 Å². The molecule has 1 saturated carbocycles. The molecule has 0 radical (unpaired) electrons. The van der Waals surface area contributed by atoms with E-state index in [4.69, 9.17) is 0 Å². The number of nitrogens with one attached hydrogen (secondary N) is 1. The zero-order chi connectivity index (χ0) is 24.7. The summed E-state index contributed by atoms with van der Waals surface area (Å²) in [5.74, 6) is 0.220. The monoisotopic (exact) mass is 520 g/mol. The maximum absolute atomic E-state index is 13.5. The number of nitrogens with zero attached hydrogens (tertiary/aromatic N) is 1. The summed E-state index contributed by atoms with van der Waals surface area (Å²) in [6.45, 7) is 1.64. The van der Waals surface area contributed by atoms with Crippen molar-refractivity contribution in [3.8, 4) is 0 Å². The smallest absolute Gasteiger partial charge is 0.225 e. The molecule has 0 spiro atoms. The van der Waals surface area contributed by atoms with Gasteiger partial charge in [-0.05, 0) is 73.2 Å². The van der Waals surface area contributed by atoms with Gasteiger partial charge in [0.15, 0.2) is 5.03 Å². The van der Waals surface area contributed by atoms with Crippen molar-refractivity contribution in [2.45, 2.75) is 51.4 Å². The minimum atomic E-state index is -4.21. The molecule has 1 N–H and O–H groups in total. The molecule has 1 aliphatic carbocycles. The lowest BCUT2D eigenvalue weighted by Crippen LogP contribution is -2.25. The zero-order valence-electron chi connectivity index (χ0n) is 18.5. The molecule has 1 aliphatic rings. The van der Waals surface area contributed by atoms with Crippen molar-refractivity contribution >= 4 is 29.7 Å². The van der Waals surface area contributed by atoms with Crippen molar-refractivity contribution < 1.29 is 25.3 Å². The van der Waals surface area contributed by atoms with Gasteiger partial charge in [-0.1, -0.05) is 24.3 Å². The van der Waals surface area contributed by atoms with Crippen LogP contribution in [-0.4, -0.2) is 36.5 Å². The summed E-state index contributed by atoms with van der Waals surface area (Å²) >= 11 is 0. The Morgan fingerprint density at radius 3 is 2.09 bits per heavy atom. The Hall–Kier alpha value is -2.60. The summed E-state index contributed by atoms with van der Waals surface area (Å²) in [6.07, 6.45) is 4.24. The van der Waals surface area contributed by atoms with Gasteiger partial charge in [0.2, 0.25) is 29.7 Å². The average molecular weight is 521 g/mol. The zero-order valence-corrected chi connectivity index (χ0v) is 21.0. The average Bonchev–Trinajstić information content (AvgIpc) is 3.64. The number of sulfonamides is 1. The third-order valence-electron chi connectivity index (χ3n) is 5.59. The van der Waals surface area contributed by atoms with E-state index in [1.807, 2.05) is 0 Å². The number of aromatic nitrogens is 1. The molecule has 11 heteroatoms. The topological polar surface area (TPSA) is 127 Å². The van der Waals surface area contributed by atoms with Gasteiger partial charge in [-0.2, -0.15) is 0 Å². The summed E-state index contributed by atoms with van der Waals surface area (Å²) in [6, 6.07) is 14.0. The highest BCUT2D eigenvalue weighted by atomic mass is 32.2. The second kappa shape index (κ2) is 8.88. The first-order valence-electron chi connectivity index (χ1n) is 10.5. The van der Waals surface area contributed by atoms with E-state index in [9.17, 15) is 25.3 Å². The predicted molar refractivity (Wildman–Crippen MR) is 126 cm³/mol. The van der Waals surface area contributed by atoms with Crippen molar-refractivity contribution in [1.82, 2.24) is 9.71 Å². The van der Waals surface area contributed by atoms with Crippen molar-refractivity contribution in [2.24, 2.45) is 0 Å². The van der Waals surface area contributed by atoms with E-state index in [-0.39, 0.29) is 25.6 Å². The number of benzene rings is 2. The summed E-state index contributed by atoms with van der Waals surface area (Å²) in [7, 11) is -11.9. The second-order valence-corrected chi connectivity index (χ2v) is 13.9. The predicted octanol–water partition coefficient (Wildman–Crippen LogP) is 3.23. The lowest BCUT2D eigenvalue weighted by molar-refractivity contribution is 0.572. The van der Waals surface area contributed by atoms with E-state index in [2.05, 4.69) is 9.71 Å². The van der Waals surface area contributed by atoms with Gasteiger partial charge in [0.25, 0.3) is 0 Å². The molecule has 4 rings (SSSR count). The molecule has 0 saturated heterocycles. The van der Waals surface area contributed by atoms with Gasteiger partial charge in [-0.3, -0.25) is 0 Å². The molecule has 0 aliphatic heterocycles. The highest BCUT2D eigenvalue weighted by molar-refractivity contribution is 7.94. The van der Waals surface area contributed by atoms with Crippen molar-refractivity contribution in [2.75, 3.05) is 6.26 Å². The summed E-state index contributed by atoms with van der Waals surface area (Å²) < 4.78 is 79.3. The molecule has 34 heavy (non-hydrogen) atoms. The number of hydrogen-bond donors (Lipinski definition) is 1. The standard InChI is InChI=1S/C23H24N2O6S3/c1-16(25-32(2,26)27)17-8-11-20(12-9-17)33(28,29)21-13-10-19(18-6-7-18)15-22(21)34(30,31)23-5-3-4-14-24-23/h3-5,8-16,18,25H,6-7H2,1-2H3/t16-/m0/s1. The first-order valence-corrected chi connectivity index (χ1v) is 15.4. The van der Waals surface area contributed by atoms with Gasteiger partial charge >= 0.3 is 0 Å². The third kappa shape index (κ3) is 5.07. The second-order valence-electron chi connectivity index (χ2n) is 8.34. The summed E-state index contributed by atoms with van der Waals surface area (Å²) in [4.78, 5) is 3.22. The summed E-state index contributed by atoms with van der Waals surface area (Å²) in [5.41, 5.74) is 1.35. The first kappa shape index (κ1) is 24.5. The van der Waals surface area contributed by atoms with Crippen LogP contribution in [0.25, 0.3) is 0 Å². The van der Waals surface area contributed by atoms with Crippen LogP contribution < -0.4 is 4.72 Å². The fourth-order valence-corrected chi connectivity index (χ4v) is 7.76. The van der Waals surface area contributed by atoms with E-state index < -0.39 is 35.7 Å². The minimum Gasteiger partial charge on any atom is -0.244 e. The van der Waals surface area contributed by atoms with Crippen LogP contribution in [0.2, 0.25) is 0 Å². The van der Waals surface area contributed by atoms with Crippen LogP contribution in [0.3, 0.4) is 0 Å². The van der Waals surface area contributed by atoms with Crippen LogP contribution in [0.5, 0.6) is 0 Å². The van der Waals surface area contributed by atoms with Gasteiger partial charge in [-0.15, -0.1) is 0 Å². The molecular weight excluding hydrogens is 496 g/mol. The van der Waals surface area contributed by atoms with Crippen LogP contribution >= 0.6 is 0 Å².